The number of rotatable bonds is 6. The maximum absolute atomic E-state index is 9.00. The van der Waals surface area contributed by atoms with Crippen LogP contribution in [0.15, 0.2) is 48.5 Å². The SMILES string of the molecule is CCOc1ccccc1NCc1ccc(CO)cc1. The first-order valence-electron chi connectivity index (χ1n) is 6.48. The van der Waals surface area contributed by atoms with Crippen molar-refractivity contribution < 1.29 is 9.84 Å². The third kappa shape index (κ3) is 3.73. The molecule has 0 amide bonds. The van der Waals surface area contributed by atoms with Crippen LogP contribution in [0.1, 0.15) is 18.1 Å². The van der Waals surface area contributed by atoms with Crippen LogP contribution < -0.4 is 10.1 Å². The maximum atomic E-state index is 9.00. The summed E-state index contributed by atoms with van der Waals surface area (Å²) in [6, 6.07) is 15.8. The zero-order valence-corrected chi connectivity index (χ0v) is 11.1. The molecule has 0 radical (unpaired) electrons. The Hall–Kier alpha value is -2.00. The van der Waals surface area contributed by atoms with Crippen molar-refractivity contribution in [3.8, 4) is 5.75 Å². The van der Waals surface area contributed by atoms with Gasteiger partial charge in [0.1, 0.15) is 5.75 Å². The van der Waals surface area contributed by atoms with Crippen LogP contribution in [0, 0.1) is 0 Å². The van der Waals surface area contributed by atoms with E-state index in [0.29, 0.717) is 6.61 Å². The van der Waals surface area contributed by atoms with Crippen molar-refractivity contribution in [2.75, 3.05) is 11.9 Å². The molecule has 2 aromatic carbocycles. The minimum atomic E-state index is 0.0842. The second-order valence-corrected chi connectivity index (χ2v) is 4.26. The van der Waals surface area contributed by atoms with Crippen LogP contribution >= 0.6 is 0 Å². The summed E-state index contributed by atoms with van der Waals surface area (Å²) in [5.41, 5.74) is 3.09. The highest BCUT2D eigenvalue weighted by atomic mass is 16.5. The van der Waals surface area contributed by atoms with Gasteiger partial charge in [-0.15, -0.1) is 0 Å². The number of nitrogens with one attached hydrogen (secondary N) is 1. The van der Waals surface area contributed by atoms with E-state index in [-0.39, 0.29) is 6.61 Å². The topological polar surface area (TPSA) is 41.5 Å². The summed E-state index contributed by atoms with van der Waals surface area (Å²) in [6.45, 7) is 3.45. The van der Waals surface area contributed by atoms with Crippen LogP contribution in [-0.4, -0.2) is 11.7 Å². The van der Waals surface area contributed by atoms with E-state index >= 15 is 0 Å². The Balaban J connectivity index is 2.01. The van der Waals surface area contributed by atoms with Crippen molar-refractivity contribution >= 4 is 5.69 Å². The average molecular weight is 257 g/mol. The molecule has 0 aromatic heterocycles. The predicted molar refractivity (Wildman–Crippen MR) is 77.3 cm³/mol. The Kier molecular flexibility index (Phi) is 4.81. The first kappa shape index (κ1) is 13.4. The van der Waals surface area contributed by atoms with E-state index < -0.39 is 0 Å². The molecule has 2 aromatic rings. The van der Waals surface area contributed by atoms with Crippen LogP contribution in [0.25, 0.3) is 0 Å². The van der Waals surface area contributed by atoms with Gasteiger partial charge in [0.05, 0.1) is 18.9 Å². The number of benzene rings is 2. The van der Waals surface area contributed by atoms with E-state index in [4.69, 9.17) is 9.84 Å². The van der Waals surface area contributed by atoms with E-state index in [1.165, 1.54) is 5.56 Å². The Bertz CT molecular complexity index is 508. The minimum Gasteiger partial charge on any atom is -0.492 e. The molecular formula is C16H19NO2. The molecule has 0 aliphatic heterocycles. The lowest BCUT2D eigenvalue weighted by atomic mass is 10.1. The minimum absolute atomic E-state index is 0.0842. The fourth-order valence-electron chi connectivity index (χ4n) is 1.85. The Morgan fingerprint density at radius 1 is 1.00 bits per heavy atom. The van der Waals surface area contributed by atoms with Crippen LogP contribution in [0.2, 0.25) is 0 Å². The van der Waals surface area contributed by atoms with E-state index in [2.05, 4.69) is 5.32 Å². The first-order chi connectivity index (χ1) is 9.33. The van der Waals surface area contributed by atoms with E-state index in [9.17, 15) is 0 Å². The fourth-order valence-corrected chi connectivity index (χ4v) is 1.85. The quantitative estimate of drug-likeness (QED) is 0.835. The highest BCUT2D eigenvalue weighted by molar-refractivity contribution is 5.56. The van der Waals surface area contributed by atoms with Gasteiger partial charge in [0, 0.05) is 6.54 Å². The van der Waals surface area contributed by atoms with Gasteiger partial charge in [0.2, 0.25) is 0 Å². The lowest BCUT2D eigenvalue weighted by molar-refractivity contribution is 0.282. The zero-order valence-electron chi connectivity index (χ0n) is 11.1. The summed E-state index contributed by atoms with van der Waals surface area (Å²) in [6.07, 6.45) is 0. The van der Waals surface area contributed by atoms with Crippen molar-refractivity contribution in [1.82, 2.24) is 0 Å². The molecule has 19 heavy (non-hydrogen) atoms. The number of ether oxygens (including phenoxy) is 1. The summed E-state index contributed by atoms with van der Waals surface area (Å²) in [5.74, 6) is 0.872. The van der Waals surface area contributed by atoms with E-state index in [1.807, 2.05) is 55.5 Å². The molecule has 0 aliphatic carbocycles. The lowest BCUT2D eigenvalue weighted by Gasteiger charge is -2.12. The van der Waals surface area contributed by atoms with Crippen LogP contribution in [-0.2, 0) is 13.2 Å². The van der Waals surface area contributed by atoms with Gasteiger partial charge in [-0.1, -0.05) is 36.4 Å². The average Bonchev–Trinajstić information content (AvgIpc) is 2.47. The smallest absolute Gasteiger partial charge is 0.142 e. The molecule has 3 heteroatoms. The Morgan fingerprint density at radius 2 is 1.68 bits per heavy atom. The van der Waals surface area contributed by atoms with Crippen molar-refractivity contribution in [2.45, 2.75) is 20.1 Å². The number of para-hydroxylation sites is 2. The van der Waals surface area contributed by atoms with Crippen molar-refractivity contribution in [3.05, 3.63) is 59.7 Å². The molecule has 0 saturated heterocycles. The van der Waals surface area contributed by atoms with Crippen molar-refractivity contribution in [3.63, 3.8) is 0 Å². The van der Waals surface area contributed by atoms with Crippen LogP contribution in [0.3, 0.4) is 0 Å². The number of hydrogen-bond donors (Lipinski definition) is 2. The van der Waals surface area contributed by atoms with Gasteiger partial charge in [-0.2, -0.15) is 0 Å². The molecular weight excluding hydrogens is 238 g/mol. The van der Waals surface area contributed by atoms with E-state index in [0.717, 1.165) is 23.5 Å². The van der Waals surface area contributed by atoms with Gasteiger partial charge in [0.15, 0.2) is 0 Å². The molecule has 100 valence electrons. The molecule has 0 saturated carbocycles. The zero-order chi connectivity index (χ0) is 13.5. The molecule has 0 unspecified atom stereocenters. The molecule has 3 nitrogen and oxygen atoms in total. The number of anilines is 1. The summed E-state index contributed by atoms with van der Waals surface area (Å²) in [5, 5.41) is 12.4. The molecule has 0 fully saturated rings. The van der Waals surface area contributed by atoms with Gasteiger partial charge in [-0.3, -0.25) is 0 Å². The van der Waals surface area contributed by atoms with Gasteiger partial charge < -0.3 is 15.2 Å². The predicted octanol–water partition coefficient (Wildman–Crippen LogP) is 3.19. The van der Waals surface area contributed by atoms with Gasteiger partial charge >= 0.3 is 0 Å². The monoisotopic (exact) mass is 257 g/mol. The third-order valence-corrected chi connectivity index (χ3v) is 2.88. The number of hydrogen-bond acceptors (Lipinski definition) is 3. The molecule has 2 N–H and O–H groups in total. The maximum Gasteiger partial charge on any atom is 0.142 e. The summed E-state index contributed by atoms with van der Waals surface area (Å²) in [7, 11) is 0. The normalized spacial score (nSPS) is 10.2. The molecule has 0 bridgehead atoms. The molecule has 0 heterocycles. The highest BCUT2D eigenvalue weighted by Gasteiger charge is 2.01. The molecule has 2 rings (SSSR count). The number of aliphatic hydroxyl groups excluding tert-OH is 1. The summed E-state index contributed by atoms with van der Waals surface area (Å²) >= 11 is 0. The van der Waals surface area contributed by atoms with Gasteiger partial charge in [-0.25, -0.2) is 0 Å². The highest BCUT2D eigenvalue weighted by Crippen LogP contribution is 2.24. The third-order valence-electron chi connectivity index (χ3n) is 2.88. The molecule has 0 aliphatic rings. The molecule has 0 spiro atoms. The second-order valence-electron chi connectivity index (χ2n) is 4.26. The van der Waals surface area contributed by atoms with E-state index in [1.54, 1.807) is 0 Å². The number of aliphatic hydroxyl groups is 1. The Labute approximate surface area is 113 Å². The Morgan fingerprint density at radius 3 is 2.37 bits per heavy atom. The lowest BCUT2D eigenvalue weighted by Crippen LogP contribution is -2.02. The van der Waals surface area contributed by atoms with Crippen molar-refractivity contribution in [2.24, 2.45) is 0 Å². The van der Waals surface area contributed by atoms with Crippen LogP contribution in [0.5, 0.6) is 5.75 Å². The first-order valence-corrected chi connectivity index (χ1v) is 6.48. The van der Waals surface area contributed by atoms with Crippen LogP contribution in [0.4, 0.5) is 5.69 Å². The standard InChI is InChI=1S/C16H19NO2/c1-2-19-16-6-4-3-5-15(16)17-11-13-7-9-14(12-18)10-8-13/h3-10,17-18H,2,11-12H2,1H3. The fraction of sp³-hybridized carbons (Fsp3) is 0.250. The molecule has 0 atom stereocenters. The largest absolute Gasteiger partial charge is 0.492 e. The van der Waals surface area contributed by atoms with Crippen molar-refractivity contribution in [1.29, 1.82) is 0 Å². The second kappa shape index (κ2) is 6.81. The summed E-state index contributed by atoms with van der Waals surface area (Å²) < 4.78 is 5.57. The van der Waals surface area contributed by atoms with Gasteiger partial charge in [0.25, 0.3) is 0 Å². The summed E-state index contributed by atoms with van der Waals surface area (Å²) in [4.78, 5) is 0. The van der Waals surface area contributed by atoms with Gasteiger partial charge in [-0.05, 0) is 30.2 Å².